The van der Waals surface area contributed by atoms with Crippen molar-refractivity contribution in [1.29, 1.82) is 0 Å². The minimum Gasteiger partial charge on any atom is -0.356 e. The van der Waals surface area contributed by atoms with Crippen molar-refractivity contribution in [2.24, 2.45) is 0 Å². The van der Waals surface area contributed by atoms with E-state index in [1.165, 1.54) is 30.3 Å². The summed E-state index contributed by atoms with van der Waals surface area (Å²) in [7, 11) is 0. The van der Waals surface area contributed by atoms with Gasteiger partial charge in [0.05, 0.1) is 34.6 Å². The molecular weight excluding hydrogens is 414 g/mol. The van der Waals surface area contributed by atoms with Crippen LogP contribution in [0.3, 0.4) is 0 Å². The van der Waals surface area contributed by atoms with E-state index in [-0.39, 0.29) is 30.1 Å². The van der Waals surface area contributed by atoms with Gasteiger partial charge in [0, 0.05) is 24.3 Å². The van der Waals surface area contributed by atoms with Crippen molar-refractivity contribution in [3.8, 4) is 11.3 Å². The van der Waals surface area contributed by atoms with Crippen LogP contribution in [0, 0.1) is 21.7 Å². The average Bonchev–Trinajstić information content (AvgIpc) is 3.36. The molecule has 0 saturated heterocycles. The van der Waals surface area contributed by atoms with Crippen molar-refractivity contribution >= 4 is 22.8 Å². The second-order valence-electron chi connectivity index (χ2n) is 6.48. The third kappa shape index (κ3) is 4.47. The standard InChI is InChI=1S/C19H14F2N6O4/c20-10-1-3-13(14(21)5-10)17-6-11(26-31-17)8-22-19(28)23-9-18-24-15-4-2-12(27(29)30)7-16(15)25-18/h1-7H,8-9H2,(H,24,25)(H2,22,23,28). The number of carbonyl (C=O) groups is 1. The van der Waals surface area contributed by atoms with Gasteiger partial charge in [-0.05, 0) is 18.2 Å². The number of non-ortho nitro benzene ring substituents is 1. The van der Waals surface area contributed by atoms with E-state index in [2.05, 4.69) is 25.8 Å². The average molecular weight is 428 g/mol. The van der Waals surface area contributed by atoms with Crippen LogP contribution in [0.15, 0.2) is 47.0 Å². The fourth-order valence-corrected chi connectivity index (χ4v) is 2.86. The molecule has 2 aromatic carbocycles. The van der Waals surface area contributed by atoms with Gasteiger partial charge < -0.3 is 20.1 Å². The molecule has 0 aliphatic carbocycles. The summed E-state index contributed by atoms with van der Waals surface area (Å²) in [5, 5.41) is 19.7. The third-order valence-corrected chi connectivity index (χ3v) is 4.33. The molecule has 0 spiro atoms. The number of nitro groups is 1. The summed E-state index contributed by atoms with van der Waals surface area (Å²) in [5.41, 5.74) is 1.33. The topological polar surface area (TPSA) is 139 Å². The van der Waals surface area contributed by atoms with E-state index in [0.717, 1.165) is 12.1 Å². The number of aromatic amines is 1. The van der Waals surface area contributed by atoms with E-state index in [4.69, 9.17) is 4.52 Å². The molecule has 0 fully saturated rings. The van der Waals surface area contributed by atoms with Crippen LogP contribution in [0.4, 0.5) is 19.3 Å². The van der Waals surface area contributed by atoms with E-state index in [1.807, 2.05) is 0 Å². The predicted molar refractivity (Wildman–Crippen MR) is 104 cm³/mol. The van der Waals surface area contributed by atoms with Crippen molar-refractivity contribution in [3.05, 3.63) is 75.7 Å². The highest BCUT2D eigenvalue weighted by molar-refractivity contribution is 5.78. The molecule has 3 N–H and O–H groups in total. The molecule has 0 radical (unpaired) electrons. The van der Waals surface area contributed by atoms with Crippen LogP contribution in [0.1, 0.15) is 11.5 Å². The Bertz CT molecular complexity index is 1290. The molecule has 2 heterocycles. The molecule has 4 rings (SSSR count). The first-order valence-electron chi connectivity index (χ1n) is 8.95. The van der Waals surface area contributed by atoms with Crippen LogP contribution >= 0.6 is 0 Å². The van der Waals surface area contributed by atoms with Gasteiger partial charge in [0.2, 0.25) is 0 Å². The smallest absolute Gasteiger partial charge is 0.315 e. The first-order chi connectivity index (χ1) is 14.9. The summed E-state index contributed by atoms with van der Waals surface area (Å²) in [6.07, 6.45) is 0. The third-order valence-electron chi connectivity index (χ3n) is 4.33. The Hall–Kier alpha value is -4.35. The SMILES string of the molecule is O=C(NCc1cc(-c2ccc(F)cc2F)on1)NCc1nc2ccc([N+](=O)[O-])cc2[nH]1. The fraction of sp³-hybridized carbons (Fsp3) is 0.105. The summed E-state index contributed by atoms with van der Waals surface area (Å²) >= 11 is 0. The Labute approximate surface area is 172 Å². The van der Waals surface area contributed by atoms with Gasteiger partial charge in [0.15, 0.2) is 5.76 Å². The lowest BCUT2D eigenvalue weighted by Gasteiger charge is -2.04. The zero-order chi connectivity index (χ0) is 22.0. The summed E-state index contributed by atoms with van der Waals surface area (Å²) in [5.74, 6) is -0.973. The van der Waals surface area contributed by atoms with Gasteiger partial charge in [-0.1, -0.05) is 5.16 Å². The zero-order valence-corrected chi connectivity index (χ0v) is 15.7. The number of H-pyrrole nitrogens is 1. The number of halogens is 2. The van der Waals surface area contributed by atoms with E-state index >= 15 is 0 Å². The number of hydrogen-bond donors (Lipinski definition) is 3. The van der Waals surface area contributed by atoms with Crippen molar-refractivity contribution in [2.45, 2.75) is 13.1 Å². The zero-order valence-electron chi connectivity index (χ0n) is 15.7. The minimum absolute atomic E-state index is 0.00444. The van der Waals surface area contributed by atoms with Crippen LogP contribution in [-0.2, 0) is 13.1 Å². The van der Waals surface area contributed by atoms with Crippen molar-refractivity contribution in [1.82, 2.24) is 25.8 Å². The number of amides is 2. The number of hydrogen-bond acceptors (Lipinski definition) is 6. The summed E-state index contributed by atoms with van der Waals surface area (Å²) < 4.78 is 31.9. The number of imidazole rings is 1. The molecule has 2 aromatic heterocycles. The van der Waals surface area contributed by atoms with Gasteiger partial charge in [-0.15, -0.1) is 0 Å². The van der Waals surface area contributed by atoms with Gasteiger partial charge in [-0.3, -0.25) is 10.1 Å². The summed E-state index contributed by atoms with van der Waals surface area (Å²) in [4.78, 5) is 29.5. The maximum absolute atomic E-state index is 13.8. The molecule has 10 nitrogen and oxygen atoms in total. The Balaban J connectivity index is 1.32. The normalized spacial score (nSPS) is 10.9. The van der Waals surface area contributed by atoms with Crippen molar-refractivity contribution < 1.29 is 23.0 Å². The number of carbonyl (C=O) groups excluding carboxylic acids is 1. The monoisotopic (exact) mass is 428 g/mol. The van der Waals surface area contributed by atoms with Crippen LogP contribution < -0.4 is 10.6 Å². The molecule has 158 valence electrons. The molecule has 2 amide bonds. The Kier molecular flexibility index (Phi) is 5.26. The number of nitrogens with one attached hydrogen (secondary N) is 3. The Morgan fingerprint density at radius 2 is 1.94 bits per heavy atom. The molecule has 4 aromatic rings. The molecule has 12 heteroatoms. The lowest BCUT2D eigenvalue weighted by molar-refractivity contribution is -0.384. The second-order valence-corrected chi connectivity index (χ2v) is 6.48. The van der Waals surface area contributed by atoms with Crippen LogP contribution in [0.2, 0.25) is 0 Å². The maximum Gasteiger partial charge on any atom is 0.315 e. The van der Waals surface area contributed by atoms with E-state index in [1.54, 1.807) is 0 Å². The lowest BCUT2D eigenvalue weighted by Crippen LogP contribution is -2.34. The van der Waals surface area contributed by atoms with Gasteiger partial charge in [0.1, 0.15) is 23.2 Å². The number of aromatic nitrogens is 3. The van der Waals surface area contributed by atoms with Gasteiger partial charge >= 0.3 is 6.03 Å². The second kappa shape index (κ2) is 8.18. The number of nitrogens with zero attached hydrogens (tertiary/aromatic N) is 3. The van der Waals surface area contributed by atoms with Gasteiger partial charge in [-0.25, -0.2) is 18.6 Å². The number of nitro benzene ring substituents is 1. The summed E-state index contributed by atoms with van der Waals surface area (Å²) in [6.45, 7) is 0.0592. The van der Waals surface area contributed by atoms with Crippen LogP contribution in [-0.4, -0.2) is 26.1 Å². The first kappa shape index (κ1) is 19.9. The highest BCUT2D eigenvalue weighted by atomic mass is 19.1. The van der Waals surface area contributed by atoms with Crippen LogP contribution in [0.25, 0.3) is 22.4 Å². The first-order valence-corrected chi connectivity index (χ1v) is 8.95. The fourth-order valence-electron chi connectivity index (χ4n) is 2.86. The molecule has 0 saturated carbocycles. The molecular formula is C19H14F2N6O4. The van der Waals surface area contributed by atoms with E-state index in [0.29, 0.717) is 22.6 Å². The molecule has 31 heavy (non-hydrogen) atoms. The lowest BCUT2D eigenvalue weighted by atomic mass is 10.1. The minimum atomic E-state index is -0.787. The predicted octanol–water partition coefficient (Wildman–Crippen LogP) is 3.40. The Morgan fingerprint density at radius 1 is 1.13 bits per heavy atom. The molecule has 0 aliphatic heterocycles. The highest BCUT2D eigenvalue weighted by Gasteiger charge is 2.13. The van der Waals surface area contributed by atoms with Gasteiger partial charge in [-0.2, -0.15) is 0 Å². The maximum atomic E-state index is 13.8. The van der Waals surface area contributed by atoms with Gasteiger partial charge in [0.25, 0.3) is 5.69 Å². The Morgan fingerprint density at radius 3 is 2.71 bits per heavy atom. The van der Waals surface area contributed by atoms with Crippen LogP contribution in [0.5, 0.6) is 0 Å². The molecule has 0 unspecified atom stereocenters. The van der Waals surface area contributed by atoms with Crippen molar-refractivity contribution in [2.75, 3.05) is 0 Å². The van der Waals surface area contributed by atoms with Crippen molar-refractivity contribution in [3.63, 3.8) is 0 Å². The molecule has 0 aliphatic rings. The largest absolute Gasteiger partial charge is 0.356 e. The highest BCUT2D eigenvalue weighted by Crippen LogP contribution is 2.24. The van der Waals surface area contributed by atoms with E-state index < -0.39 is 22.6 Å². The number of fused-ring (bicyclic) bond motifs is 1. The number of urea groups is 1. The van der Waals surface area contributed by atoms with E-state index in [9.17, 15) is 23.7 Å². The quantitative estimate of drug-likeness (QED) is 0.318. The molecule has 0 bridgehead atoms. The molecule has 0 atom stereocenters. The summed E-state index contributed by atoms with van der Waals surface area (Å²) in [6, 6.07) is 8.19. The number of rotatable bonds is 6. The number of benzene rings is 2.